The lowest BCUT2D eigenvalue weighted by Gasteiger charge is -2.38. The molecule has 1 aliphatic heterocycles. The van der Waals surface area contributed by atoms with Gasteiger partial charge in [-0.05, 0) is 113 Å². The predicted molar refractivity (Wildman–Crippen MR) is 136 cm³/mol. The minimum absolute atomic E-state index is 0.0113. The van der Waals surface area contributed by atoms with E-state index in [2.05, 4.69) is 6.92 Å². The maximum absolute atomic E-state index is 15.4. The van der Waals surface area contributed by atoms with E-state index in [-0.39, 0.29) is 24.2 Å². The van der Waals surface area contributed by atoms with Crippen molar-refractivity contribution in [2.75, 3.05) is 19.8 Å². The maximum Gasteiger partial charge on any atom is 0.422 e. The monoisotopic (exact) mass is 528 g/mol. The molecule has 0 amide bonds. The molecule has 2 aliphatic carbocycles. The summed E-state index contributed by atoms with van der Waals surface area (Å²) >= 11 is 0. The summed E-state index contributed by atoms with van der Waals surface area (Å²) in [6, 6.07) is 2.85. The van der Waals surface area contributed by atoms with Gasteiger partial charge in [0.1, 0.15) is 23.7 Å². The number of alkyl halides is 3. The fraction of sp³-hybridized carbons (Fsp3) is 0.800. The number of rotatable bonds is 9. The second kappa shape index (κ2) is 13.1. The Morgan fingerprint density at radius 1 is 0.892 bits per heavy atom. The van der Waals surface area contributed by atoms with Gasteiger partial charge in [-0.1, -0.05) is 19.4 Å². The molecule has 2 saturated carbocycles. The molecule has 3 fully saturated rings. The van der Waals surface area contributed by atoms with Crippen molar-refractivity contribution in [3.63, 3.8) is 0 Å². The molecule has 4 rings (SSSR count). The molecule has 2 unspecified atom stereocenters. The summed E-state index contributed by atoms with van der Waals surface area (Å²) in [7, 11) is 0. The molecular weight excluding hydrogens is 484 g/mol. The molecule has 1 aromatic carbocycles. The van der Waals surface area contributed by atoms with Gasteiger partial charge in [0.25, 0.3) is 0 Å². The second-order valence-electron chi connectivity index (χ2n) is 11.4. The zero-order valence-electron chi connectivity index (χ0n) is 22.5. The third kappa shape index (κ3) is 7.40. The molecule has 1 heterocycles. The van der Waals surface area contributed by atoms with Gasteiger partial charge in [0.2, 0.25) is 0 Å². The first-order valence-corrected chi connectivity index (χ1v) is 14.6. The molecule has 7 heteroatoms. The van der Waals surface area contributed by atoms with Crippen LogP contribution in [-0.4, -0.2) is 32.0 Å². The van der Waals surface area contributed by atoms with Gasteiger partial charge in [0.15, 0.2) is 0 Å². The van der Waals surface area contributed by atoms with Crippen LogP contribution in [0.3, 0.4) is 0 Å². The standard InChI is InChI=1S/C30H44F4O3/c1-3-5-20-6-13-25(36-18-20)19-37-27-17-16-26(29(31)28(27)30(32,33)34)23-9-7-21(8-10-23)22-11-14-24(15-12-22)35-4-2/h16-17,20-25H,3-15,18-19H2,1-2H3. The number of hydrogen-bond donors (Lipinski definition) is 0. The number of halogens is 4. The van der Waals surface area contributed by atoms with Crippen LogP contribution in [0.4, 0.5) is 17.6 Å². The predicted octanol–water partition coefficient (Wildman–Crippen LogP) is 8.69. The molecule has 3 aliphatic rings. The van der Waals surface area contributed by atoms with Crippen molar-refractivity contribution in [3.8, 4) is 5.75 Å². The number of hydrogen-bond acceptors (Lipinski definition) is 3. The Bertz CT molecular complexity index is 834. The Hall–Kier alpha value is -1.34. The smallest absolute Gasteiger partial charge is 0.422 e. The average molecular weight is 529 g/mol. The van der Waals surface area contributed by atoms with Crippen LogP contribution in [0.2, 0.25) is 0 Å². The lowest BCUT2D eigenvalue weighted by atomic mass is 9.69. The zero-order valence-corrected chi connectivity index (χ0v) is 22.5. The van der Waals surface area contributed by atoms with Gasteiger partial charge in [-0.15, -0.1) is 0 Å². The Morgan fingerprint density at radius 2 is 1.57 bits per heavy atom. The van der Waals surface area contributed by atoms with E-state index in [0.29, 0.717) is 30.5 Å². The SMILES string of the molecule is CCCC1CCC(COc2ccc(C3CCC(C4CCC(OCC)CC4)CC3)c(F)c2C(F)(F)F)OC1. The van der Waals surface area contributed by atoms with Crippen molar-refractivity contribution < 1.29 is 31.8 Å². The van der Waals surface area contributed by atoms with Crippen LogP contribution < -0.4 is 4.74 Å². The summed E-state index contributed by atoms with van der Waals surface area (Å²) in [6.45, 7) is 5.54. The normalized spacial score (nSPS) is 31.3. The van der Waals surface area contributed by atoms with E-state index in [1.54, 1.807) is 0 Å². The molecule has 2 atom stereocenters. The summed E-state index contributed by atoms with van der Waals surface area (Å²) in [6.07, 6.45) is 7.09. The van der Waals surface area contributed by atoms with Crippen LogP contribution in [0.15, 0.2) is 12.1 Å². The van der Waals surface area contributed by atoms with Gasteiger partial charge in [-0.3, -0.25) is 0 Å². The summed E-state index contributed by atoms with van der Waals surface area (Å²) in [4.78, 5) is 0. The van der Waals surface area contributed by atoms with Crippen LogP contribution in [0.1, 0.15) is 108 Å². The Morgan fingerprint density at radius 3 is 2.14 bits per heavy atom. The van der Waals surface area contributed by atoms with Gasteiger partial charge in [-0.2, -0.15) is 13.2 Å². The molecule has 0 N–H and O–H groups in total. The molecule has 1 aromatic rings. The van der Waals surface area contributed by atoms with Crippen molar-refractivity contribution in [2.45, 2.75) is 115 Å². The number of benzene rings is 1. The summed E-state index contributed by atoms with van der Waals surface area (Å²) in [5, 5.41) is 0. The topological polar surface area (TPSA) is 27.7 Å². The van der Waals surface area contributed by atoms with Crippen LogP contribution in [0.25, 0.3) is 0 Å². The van der Waals surface area contributed by atoms with E-state index in [1.165, 1.54) is 12.1 Å². The van der Waals surface area contributed by atoms with E-state index in [0.717, 1.165) is 83.7 Å². The van der Waals surface area contributed by atoms with E-state index in [4.69, 9.17) is 14.2 Å². The van der Waals surface area contributed by atoms with Crippen molar-refractivity contribution in [1.29, 1.82) is 0 Å². The highest BCUT2D eigenvalue weighted by Gasteiger charge is 2.41. The van der Waals surface area contributed by atoms with Crippen LogP contribution in [0.5, 0.6) is 5.75 Å². The molecule has 210 valence electrons. The van der Waals surface area contributed by atoms with Crippen molar-refractivity contribution in [3.05, 3.63) is 29.1 Å². The van der Waals surface area contributed by atoms with E-state index in [1.807, 2.05) is 6.92 Å². The van der Waals surface area contributed by atoms with Crippen LogP contribution in [-0.2, 0) is 15.7 Å². The highest BCUT2D eigenvalue weighted by atomic mass is 19.4. The van der Waals surface area contributed by atoms with Gasteiger partial charge in [0.05, 0.1) is 12.2 Å². The first-order chi connectivity index (χ1) is 17.8. The van der Waals surface area contributed by atoms with Gasteiger partial charge >= 0.3 is 6.18 Å². The molecular formula is C30H44F4O3. The lowest BCUT2D eigenvalue weighted by Crippen LogP contribution is -2.31. The minimum Gasteiger partial charge on any atom is -0.490 e. The van der Waals surface area contributed by atoms with Gasteiger partial charge in [0, 0.05) is 13.2 Å². The lowest BCUT2D eigenvalue weighted by molar-refractivity contribution is -0.142. The molecule has 0 aromatic heterocycles. The second-order valence-corrected chi connectivity index (χ2v) is 11.4. The molecule has 0 bridgehead atoms. The van der Waals surface area contributed by atoms with Crippen LogP contribution >= 0.6 is 0 Å². The van der Waals surface area contributed by atoms with E-state index >= 15 is 4.39 Å². The minimum atomic E-state index is -4.81. The fourth-order valence-corrected chi connectivity index (χ4v) is 6.95. The van der Waals surface area contributed by atoms with Gasteiger partial charge in [-0.25, -0.2) is 4.39 Å². The number of ether oxygens (including phenoxy) is 3. The van der Waals surface area contributed by atoms with Gasteiger partial charge < -0.3 is 14.2 Å². The van der Waals surface area contributed by atoms with Crippen molar-refractivity contribution in [1.82, 2.24) is 0 Å². The first-order valence-electron chi connectivity index (χ1n) is 14.6. The van der Waals surface area contributed by atoms with E-state index < -0.39 is 23.3 Å². The summed E-state index contributed by atoms with van der Waals surface area (Å²) < 4.78 is 74.5. The first kappa shape index (κ1) is 28.7. The third-order valence-electron chi connectivity index (χ3n) is 9.00. The molecule has 3 nitrogen and oxygen atoms in total. The molecule has 0 spiro atoms. The quantitative estimate of drug-likeness (QED) is 0.300. The van der Waals surface area contributed by atoms with Crippen molar-refractivity contribution >= 4 is 0 Å². The summed E-state index contributed by atoms with van der Waals surface area (Å²) in [5.74, 6) is -0.0134. The fourth-order valence-electron chi connectivity index (χ4n) is 6.95. The molecule has 37 heavy (non-hydrogen) atoms. The highest BCUT2D eigenvalue weighted by Crippen LogP contribution is 2.46. The van der Waals surface area contributed by atoms with Crippen molar-refractivity contribution in [2.24, 2.45) is 17.8 Å². The largest absolute Gasteiger partial charge is 0.490 e. The Labute approximate surface area is 219 Å². The van der Waals surface area contributed by atoms with E-state index in [9.17, 15) is 13.2 Å². The Kier molecular flexibility index (Phi) is 10.2. The summed E-state index contributed by atoms with van der Waals surface area (Å²) in [5.41, 5.74) is -1.07. The molecule has 0 radical (unpaired) electrons. The Balaban J connectivity index is 1.36. The highest BCUT2D eigenvalue weighted by molar-refractivity contribution is 5.42. The molecule has 1 saturated heterocycles. The third-order valence-corrected chi connectivity index (χ3v) is 9.00. The van der Waals surface area contributed by atoms with Crippen LogP contribution in [0, 0.1) is 23.6 Å². The maximum atomic E-state index is 15.4. The average Bonchev–Trinajstić information content (AvgIpc) is 2.88. The zero-order chi connectivity index (χ0) is 26.4.